The summed E-state index contributed by atoms with van der Waals surface area (Å²) in [5, 5.41) is 3.28. The number of aryl methyl sites for hydroxylation is 1. The first kappa shape index (κ1) is 10.9. The van der Waals surface area contributed by atoms with Gasteiger partial charge >= 0.3 is 0 Å². The Morgan fingerprint density at radius 3 is 3.14 bits per heavy atom. The van der Waals surface area contributed by atoms with Crippen molar-refractivity contribution in [2.24, 2.45) is 0 Å². The van der Waals surface area contributed by atoms with E-state index in [0.717, 1.165) is 25.3 Å². The molecule has 0 fully saturated rings. The molecule has 1 N–H and O–H groups in total. The van der Waals surface area contributed by atoms with Crippen LogP contribution in [0.25, 0.3) is 0 Å². The van der Waals surface area contributed by atoms with Gasteiger partial charge in [0.1, 0.15) is 5.76 Å². The molecular formula is C11H17NO2. The van der Waals surface area contributed by atoms with Gasteiger partial charge < -0.3 is 14.5 Å². The molecule has 0 aromatic carbocycles. The lowest BCUT2D eigenvalue weighted by atomic mass is 10.3. The van der Waals surface area contributed by atoms with Gasteiger partial charge in [-0.3, -0.25) is 0 Å². The second kappa shape index (κ2) is 6.27. The van der Waals surface area contributed by atoms with Crippen LogP contribution in [0.5, 0.6) is 0 Å². The third kappa shape index (κ3) is 3.66. The Kier molecular flexibility index (Phi) is 4.86. The van der Waals surface area contributed by atoms with Crippen LogP contribution < -0.4 is 5.32 Å². The minimum Gasteiger partial charge on any atom is -0.502 e. The number of nitrogens with one attached hydrogen (secondary N) is 1. The van der Waals surface area contributed by atoms with Crippen LogP contribution in [0, 0.1) is 6.92 Å². The molecule has 0 amide bonds. The lowest BCUT2D eigenvalue weighted by molar-refractivity contribution is 0.244. The molecule has 1 aromatic heterocycles. The molecule has 1 aromatic rings. The van der Waals surface area contributed by atoms with Crippen molar-refractivity contribution in [2.45, 2.75) is 19.9 Å². The molecule has 1 heterocycles. The van der Waals surface area contributed by atoms with Crippen LogP contribution in [0.3, 0.4) is 0 Å². The van der Waals surface area contributed by atoms with E-state index in [1.54, 1.807) is 6.26 Å². The minimum atomic E-state index is 0.716. The topological polar surface area (TPSA) is 34.4 Å². The van der Waals surface area contributed by atoms with Crippen molar-refractivity contribution in [1.82, 2.24) is 5.32 Å². The summed E-state index contributed by atoms with van der Waals surface area (Å²) in [5.41, 5.74) is 1.19. The summed E-state index contributed by atoms with van der Waals surface area (Å²) in [7, 11) is 0. The molecule has 0 spiro atoms. The second-order valence-electron chi connectivity index (χ2n) is 3.09. The van der Waals surface area contributed by atoms with E-state index in [9.17, 15) is 0 Å². The zero-order valence-corrected chi connectivity index (χ0v) is 8.58. The van der Waals surface area contributed by atoms with E-state index >= 15 is 0 Å². The highest BCUT2D eigenvalue weighted by Crippen LogP contribution is 2.07. The monoisotopic (exact) mass is 195 g/mol. The minimum absolute atomic E-state index is 0.716. The van der Waals surface area contributed by atoms with Gasteiger partial charge in [0.05, 0.1) is 25.7 Å². The third-order valence-electron chi connectivity index (χ3n) is 1.99. The molecular weight excluding hydrogens is 178 g/mol. The Hall–Kier alpha value is -1.22. The average molecular weight is 195 g/mol. The summed E-state index contributed by atoms with van der Waals surface area (Å²) in [4.78, 5) is 0. The Morgan fingerprint density at radius 2 is 2.50 bits per heavy atom. The van der Waals surface area contributed by atoms with E-state index in [1.807, 2.05) is 13.0 Å². The molecule has 0 radical (unpaired) electrons. The predicted molar refractivity (Wildman–Crippen MR) is 55.9 cm³/mol. The standard InChI is InChI=1S/C11H17NO2/c1-3-13-7-4-6-12-9-11-10(2)5-8-14-11/h3,5,8,12H,1,4,6-7,9H2,2H3. The van der Waals surface area contributed by atoms with Gasteiger partial charge in [-0.2, -0.15) is 0 Å². The fraction of sp³-hybridized carbons (Fsp3) is 0.455. The van der Waals surface area contributed by atoms with Gasteiger partial charge in [0, 0.05) is 0 Å². The smallest absolute Gasteiger partial charge is 0.120 e. The quantitative estimate of drug-likeness (QED) is 0.535. The molecule has 0 aliphatic carbocycles. The Labute approximate surface area is 84.8 Å². The first-order valence-electron chi connectivity index (χ1n) is 4.81. The third-order valence-corrected chi connectivity index (χ3v) is 1.99. The number of furan rings is 1. The lowest BCUT2D eigenvalue weighted by Gasteiger charge is -2.03. The number of rotatable bonds is 7. The Morgan fingerprint density at radius 1 is 1.64 bits per heavy atom. The van der Waals surface area contributed by atoms with E-state index in [0.29, 0.717) is 6.61 Å². The fourth-order valence-corrected chi connectivity index (χ4v) is 1.15. The van der Waals surface area contributed by atoms with Crippen molar-refractivity contribution in [3.05, 3.63) is 36.5 Å². The largest absolute Gasteiger partial charge is 0.502 e. The summed E-state index contributed by atoms with van der Waals surface area (Å²) < 4.78 is 10.3. The summed E-state index contributed by atoms with van der Waals surface area (Å²) in [6.45, 7) is 7.94. The fourth-order valence-electron chi connectivity index (χ4n) is 1.15. The molecule has 14 heavy (non-hydrogen) atoms. The van der Waals surface area contributed by atoms with Crippen molar-refractivity contribution >= 4 is 0 Å². The summed E-state index contributed by atoms with van der Waals surface area (Å²) in [5.74, 6) is 1.01. The second-order valence-corrected chi connectivity index (χ2v) is 3.09. The molecule has 0 atom stereocenters. The highest BCUT2D eigenvalue weighted by atomic mass is 16.5. The van der Waals surface area contributed by atoms with Gasteiger partial charge in [0.2, 0.25) is 0 Å². The summed E-state index contributed by atoms with van der Waals surface area (Å²) >= 11 is 0. The molecule has 0 unspecified atom stereocenters. The molecule has 0 aliphatic rings. The van der Waals surface area contributed by atoms with Crippen LogP contribution in [0.4, 0.5) is 0 Å². The number of hydrogen-bond donors (Lipinski definition) is 1. The number of hydrogen-bond acceptors (Lipinski definition) is 3. The van der Waals surface area contributed by atoms with Crippen LogP contribution in [0.1, 0.15) is 17.7 Å². The van der Waals surface area contributed by atoms with Crippen molar-refractivity contribution in [3.8, 4) is 0 Å². The van der Waals surface area contributed by atoms with Crippen LogP contribution >= 0.6 is 0 Å². The maximum atomic E-state index is 5.28. The lowest BCUT2D eigenvalue weighted by Crippen LogP contribution is -2.16. The zero-order valence-electron chi connectivity index (χ0n) is 8.58. The van der Waals surface area contributed by atoms with Gasteiger partial charge in [0.15, 0.2) is 0 Å². The first-order chi connectivity index (χ1) is 6.84. The number of ether oxygens (including phenoxy) is 1. The summed E-state index contributed by atoms with van der Waals surface area (Å²) in [6.07, 6.45) is 4.16. The molecule has 3 heteroatoms. The van der Waals surface area contributed by atoms with Gasteiger partial charge in [0.25, 0.3) is 0 Å². The van der Waals surface area contributed by atoms with Crippen molar-refractivity contribution < 1.29 is 9.15 Å². The van der Waals surface area contributed by atoms with E-state index in [-0.39, 0.29) is 0 Å². The normalized spacial score (nSPS) is 10.1. The van der Waals surface area contributed by atoms with E-state index in [4.69, 9.17) is 9.15 Å². The molecule has 1 rings (SSSR count). The van der Waals surface area contributed by atoms with Crippen LogP contribution in [0.15, 0.2) is 29.6 Å². The van der Waals surface area contributed by atoms with Gasteiger partial charge in [-0.1, -0.05) is 6.58 Å². The first-order valence-corrected chi connectivity index (χ1v) is 4.81. The molecule has 78 valence electrons. The van der Waals surface area contributed by atoms with E-state index in [1.165, 1.54) is 11.8 Å². The Bertz CT molecular complexity index is 268. The maximum absolute atomic E-state index is 5.28. The molecule has 3 nitrogen and oxygen atoms in total. The zero-order chi connectivity index (χ0) is 10.2. The highest BCUT2D eigenvalue weighted by Gasteiger charge is 1.99. The van der Waals surface area contributed by atoms with Gasteiger partial charge in [-0.15, -0.1) is 0 Å². The highest BCUT2D eigenvalue weighted by molar-refractivity contribution is 5.13. The SMILES string of the molecule is C=COCCCNCc1occc1C. The predicted octanol–water partition coefficient (Wildman–Crippen LogP) is 2.23. The molecule has 0 bridgehead atoms. The molecule has 0 saturated carbocycles. The molecule has 0 saturated heterocycles. The Balaban J connectivity index is 2.04. The van der Waals surface area contributed by atoms with E-state index < -0.39 is 0 Å². The van der Waals surface area contributed by atoms with Crippen molar-refractivity contribution in [2.75, 3.05) is 13.2 Å². The van der Waals surface area contributed by atoms with Gasteiger partial charge in [-0.05, 0) is 31.5 Å². The van der Waals surface area contributed by atoms with Crippen LogP contribution in [-0.4, -0.2) is 13.2 Å². The summed E-state index contributed by atoms with van der Waals surface area (Å²) in [6, 6.07) is 1.97. The van der Waals surface area contributed by atoms with Gasteiger partial charge in [-0.25, -0.2) is 0 Å². The van der Waals surface area contributed by atoms with Crippen LogP contribution in [0.2, 0.25) is 0 Å². The van der Waals surface area contributed by atoms with Crippen molar-refractivity contribution in [1.29, 1.82) is 0 Å². The average Bonchev–Trinajstić information content (AvgIpc) is 2.58. The van der Waals surface area contributed by atoms with Crippen LogP contribution in [-0.2, 0) is 11.3 Å². The van der Waals surface area contributed by atoms with E-state index in [2.05, 4.69) is 11.9 Å². The molecule has 0 aliphatic heterocycles. The maximum Gasteiger partial charge on any atom is 0.120 e. The van der Waals surface area contributed by atoms with Crippen molar-refractivity contribution in [3.63, 3.8) is 0 Å².